The monoisotopic (exact) mass is 246 g/mol. The van der Waals surface area contributed by atoms with Crippen LogP contribution in [0.3, 0.4) is 0 Å². The zero-order valence-electron chi connectivity index (χ0n) is 8.16. The fraction of sp³-hybridized carbons (Fsp3) is 0.125. The maximum Gasteiger partial charge on any atom is 0.295 e. The van der Waals surface area contributed by atoms with Crippen molar-refractivity contribution in [3.8, 4) is 0 Å². The Hall–Kier alpha value is -1.70. The van der Waals surface area contributed by atoms with Gasteiger partial charge in [0.25, 0.3) is 17.3 Å². The first-order valence-corrected chi connectivity index (χ1v) is 4.15. The zero-order valence-corrected chi connectivity index (χ0v) is 8.91. The molecule has 0 saturated heterocycles. The summed E-state index contributed by atoms with van der Waals surface area (Å²) in [6.45, 7) is 0.257. The van der Waals surface area contributed by atoms with Gasteiger partial charge in [-0.2, -0.15) is 0 Å². The lowest BCUT2D eigenvalue weighted by molar-refractivity contribution is -0.529. The van der Waals surface area contributed by atoms with E-state index in [0.29, 0.717) is 11.4 Å². The summed E-state index contributed by atoms with van der Waals surface area (Å²) >= 11 is 0. The number of aromatic amines is 1. The van der Waals surface area contributed by atoms with Crippen LogP contribution in [0, 0.1) is 0 Å². The summed E-state index contributed by atoms with van der Waals surface area (Å²) in [5, 5.41) is 5.41. The van der Waals surface area contributed by atoms with Gasteiger partial charge in [-0.15, -0.1) is 5.10 Å². The topological polar surface area (TPSA) is 122 Å². The summed E-state index contributed by atoms with van der Waals surface area (Å²) in [5.74, 6) is 0.340. The summed E-state index contributed by atoms with van der Waals surface area (Å²) in [7, 11) is 0. The molecule has 0 spiro atoms. The number of aromatic nitrogens is 1. The van der Waals surface area contributed by atoms with Crippen molar-refractivity contribution in [1.82, 2.24) is 10.4 Å². The van der Waals surface area contributed by atoms with Crippen molar-refractivity contribution < 1.29 is 28.0 Å². The number of hydrogen-bond acceptors (Lipinski definition) is 3. The van der Waals surface area contributed by atoms with Crippen molar-refractivity contribution in [3.63, 3.8) is 0 Å². The van der Waals surface area contributed by atoms with E-state index < -0.39 is 0 Å². The van der Waals surface area contributed by atoms with E-state index in [9.17, 15) is 9.59 Å². The molecule has 1 aliphatic rings. The van der Waals surface area contributed by atoms with E-state index in [0.717, 1.165) is 0 Å². The third kappa shape index (κ3) is 2.89. The Balaban J connectivity index is 0.00000112. The number of rotatable bonds is 1. The number of nitrogens with two attached hydrogens (primary N) is 1. The highest BCUT2D eigenvalue weighted by atomic mass is 35.5. The molecule has 0 saturated carbocycles. The fourth-order valence-corrected chi connectivity index (χ4v) is 1.20. The van der Waals surface area contributed by atoms with Crippen LogP contribution in [0.5, 0.6) is 0 Å². The molecule has 1 aromatic heterocycles. The number of H-pyrrole nitrogens is 1. The van der Waals surface area contributed by atoms with Crippen LogP contribution in [0.2, 0.25) is 0 Å². The maximum absolute atomic E-state index is 11.3. The number of carbonyl (C=O) groups excluding carboxylic acids is 1. The Morgan fingerprint density at radius 3 is 2.69 bits per heavy atom. The predicted molar refractivity (Wildman–Crippen MR) is 52.1 cm³/mol. The number of hydrazone groups is 1. The Labute approximate surface area is 96.7 Å². The van der Waals surface area contributed by atoms with Gasteiger partial charge in [0, 0.05) is 6.20 Å². The molecule has 88 valence electrons. The quantitative estimate of drug-likeness (QED) is 0.457. The van der Waals surface area contributed by atoms with Crippen LogP contribution in [-0.4, -0.2) is 28.7 Å². The van der Waals surface area contributed by atoms with E-state index in [1.54, 1.807) is 23.6 Å². The minimum Gasteiger partial charge on any atom is -1.00 e. The molecule has 2 rings (SSSR count). The molecule has 0 atom stereocenters. The highest BCUT2D eigenvalue weighted by Crippen LogP contribution is 1.88. The number of nitrogens with zero attached hydrogens (tertiary/aromatic N) is 1. The second-order valence-corrected chi connectivity index (χ2v) is 2.85. The van der Waals surface area contributed by atoms with Crippen molar-refractivity contribution >= 4 is 11.7 Å². The fourth-order valence-electron chi connectivity index (χ4n) is 1.20. The van der Waals surface area contributed by atoms with E-state index in [2.05, 4.69) is 15.5 Å². The van der Waals surface area contributed by atoms with E-state index in [4.69, 9.17) is 0 Å². The lowest BCUT2D eigenvalue weighted by Crippen LogP contribution is -3.00. The second-order valence-electron chi connectivity index (χ2n) is 2.85. The lowest BCUT2D eigenvalue weighted by Gasteiger charge is -2.08. The van der Waals surface area contributed by atoms with Crippen LogP contribution in [-0.2, 0) is 4.79 Å². The SMILES string of the molecule is O.O=C1C[NH2+]C(c2ccc[nH]c2=O)=NN1.[Cl-]. The van der Waals surface area contributed by atoms with Gasteiger partial charge in [0.15, 0.2) is 6.54 Å². The van der Waals surface area contributed by atoms with Gasteiger partial charge in [0.2, 0.25) is 0 Å². The van der Waals surface area contributed by atoms with Gasteiger partial charge in [-0.3, -0.25) is 14.9 Å². The normalized spacial score (nSPS) is 14.0. The molecule has 1 aliphatic heterocycles. The molecule has 2 heterocycles. The van der Waals surface area contributed by atoms with Crippen LogP contribution in [0.1, 0.15) is 5.56 Å². The van der Waals surface area contributed by atoms with Crippen LogP contribution < -0.4 is 28.7 Å². The number of amidine groups is 1. The molecule has 0 unspecified atom stereocenters. The Morgan fingerprint density at radius 1 is 1.38 bits per heavy atom. The van der Waals surface area contributed by atoms with Crippen LogP contribution in [0.25, 0.3) is 0 Å². The number of nitrogens with one attached hydrogen (secondary N) is 2. The first kappa shape index (κ1) is 14.3. The first-order chi connectivity index (χ1) is 6.77. The highest BCUT2D eigenvalue weighted by molar-refractivity contribution is 5.94. The van der Waals surface area contributed by atoms with Gasteiger partial charge in [0.1, 0.15) is 5.56 Å². The summed E-state index contributed by atoms with van der Waals surface area (Å²) in [6, 6.07) is 3.37. The van der Waals surface area contributed by atoms with Gasteiger partial charge in [-0.25, -0.2) is 5.43 Å². The molecule has 16 heavy (non-hydrogen) atoms. The maximum atomic E-state index is 11.3. The second kappa shape index (κ2) is 6.01. The van der Waals surface area contributed by atoms with Crippen molar-refractivity contribution in [2.24, 2.45) is 5.10 Å². The number of hydrogen-bond donors (Lipinski definition) is 3. The number of carbonyl (C=O) groups is 1. The lowest BCUT2D eigenvalue weighted by atomic mass is 10.2. The number of quaternary nitrogens is 1. The van der Waals surface area contributed by atoms with Gasteiger partial charge >= 0.3 is 0 Å². The van der Waals surface area contributed by atoms with Crippen LogP contribution >= 0.6 is 0 Å². The summed E-state index contributed by atoms with van der Waals surface area (Å²) < 4.78 is 0. The standard InChI is InChI=1S/C8H8N4O2.ClH.H2O/c13-6-4-10-7(12-11-6)5-2-1-3-9-8(5)14;;/h1-3H,4H2,(H,9,14)(H,10,12)(H,11,13);1H;1H2. The third-order valence-corrected chi connectivity index (χ3v) is 1.88. The van der Waals surface area contributed by atoms with E-state index in [1.807, 2.05) is 0 Å². The minimum atomic E-state index is -0.210. The Bertz CT molecular complexity index is 457. The van der Waals surface area contributed by atoms with Crippen molar-refractivity contribution in [2.75, 3.05) is 6.54 Å². The molecule has 0 bridgehead atoms. The molecule has 0 aliphatic carbocycles. The van der Waals surface area contributed by atoms with Crippen molar-refractivity contribution in [1.29, 1.82) is 0 Å². The highest BCUT2D eigenvalue weighted by Gasteiger charge is 2.18. The summed E-state index contributed by atoms with van der Waals surface area (Å²) in [6.07, 6.45) is 1.55. The molecule has 0 fully saturated rings. The average molecular weight is 247 g/mol. The number of amides is 1. The van der Waals surface area contributed by atoms with Crippen LogP contribution in [0.15, 0.2) is 28.2 Å². The van der Waals surface area contributed by atoms with E-state index in [1.165, 1.54) is 0 Å². The predicted octanol–water partition coefficient (Wildman–Crippen LogP) is -6.09. The molecule has 8 heteroatoms. The smallest absolute Gasteiger partial charge is 0.295 e. The van der Waals surface area contributed by atoms with Gasteiger partial charge in [0.05, 0.1) is 0 Å². The first-order valence-electron chi connectivity index (χ1n) is 4.15. The molecule has 1 aromatic rings. The Morgan fingerprint density at radius 2 is 2.12 bits per heavy atom. The summed E-state index contributed by atoms with van der Waals surface area (Å²) in [4.78, 5) is 24.7. The molecule has 0 radical (unpaired) electrons. The molecule has 7 nitrogen and oxygen atoms in total. The number of pyridine rings is 1. The molecule has 1 amide bonds. The van der Waals surface area contributed by atoms with Gasteiger partial charge < -0.3 is 22.9 Å². The molecular weight excluding hydrogens is 236 g/mol. The molecule has 6 N–H and O–H groups in total. The van der Waals surface area contributed by atoms with Gasteiger partial charge in [-0.1, -0.05) is 0 Å². The Kier molecular flexibility index (Phi) is 5.37. The molecular formula is C8H11ClN4O3. The summed E-state index contributed by atoms with van der Waals surface area (Å²) in [5.41, 5.74) is 2.58. The van der Waals surface area contributed by atoms with E-state index in [-0.39, 0.29) is 35.9 Å². The third-order valence-electron chi connectivity index (χ3n) is 1.88. The number of halogens is 1. The zero-order chi connectivity index (χ0) is 9.97. The minimum absolute atomic E-state index is 0. The average Bonchev–Trinajstić information content (AvgIpc) is 2.20. The van der Waals surface area contributed by atoms with E-state index >= 15 is 0 Å². The largest absolute Gasteiger partial charge is 1.00 e. The van der Waals surface area contributed by atoms with Crippen LogP contribution in [0.4, 0.5) is 0 Å². The molecule has 0 aromatic carbocycles. The van der Waals surface area contributed by atoms with Gasteiger partial charge in [-0.05, 0) is 12.1 Å². The van der Waals surface area contributed by atoms with Crippen molar-refractivity contribution in [2.45, 2.75) is 0 Å². The van der Waals surface area contributed by atoms with Crippen molar-refractivity contribution in [3.05, 3.63) is 34.2 Å².